The maximum atomic E-state index is 13.7. The van der Waals surface area contributed by atoms with Gasteiger partial charge in [0.25, 0.3) is 5.91 Å². The number of fused-ring (bicyclic) bond motifs is 1. The summed E-state index contributed by atoms with van der Waals surface area (Å²) in [5.74, 6) is -0.841. The molecule has 7 heteroatoms. The van der Waals surface area contributed by atoms with Crippen molar-refractivity contribution in [3.8, 4) is 5.75 Å². The number of anilines is 1. The van der Waals surface area contributed by atoms with Gasteiger partial charge in [-0.25, -0.2) is 4.39 Å². The van der Waals surface area contributed by atoms with E-state index in [2.05, 4.69) is 10.2 Å². The van der Waals surface area contributed by atoms with Gasteiger partial charge < -0.3 is 15.7 Å². The standard InChI is InChI=1S/C18H17FN4O2/c19-13-9-10(4-6-16(13)24)15-2-1-7-23(15)18(25)11-3-5-14-12(8-11)17(20)22-21-14/h3-6,8-9,15,24H,1-2,7H2,(H3,20,21,22). The van der Waals surface area contributed by atoms with Crippen LogP contribution in [0.25, 0.3) is 10.9 Å². The first-order chi connectivity index (χ1) is 12.0. The predicted octanol–water partition coefficient (Wildman–Crippen LogP) is 2.97. The van der Waals surface area contributed by atoms with Gasteiger partial charge in [0.1, 0.15) is 0 Å². The van der Waals surface area contributed by atoms with Crippen LogP contribution in [-0.2, 0) is 0 Å². The summed E-state index contributed by atoms with van der Waals surface area (Å²) >= 11 is 0. The van der Waals surface area contributed by atoms with E-state index in [1.165, 1.54) is 12.1 Å². The van der Waals surface area contributed by atoms with Crippen LogP contribution in [0.2, 0.25) is 0 Å². The number of H-pyrrole nitrogens is 1. The summed E-state index contributed by atoms with van der Waals surface area (Å²) in [5, 5.41) is 16.8. The number of aromatic amines is 1. The molecule has 1 saturated heterocycles. The third-order valence-corrected chi connectivity index (χ3v) is 4.71. The normalized spacial score (nSPS) is 17.3. The van der Waals surface area contributed by atoms with Crippen molar-refractivity contribution in [1.29, 1.82) is 0 Å². The number of phenols is 1. The van der Waals surface area contributed by atoms with E-state index in [1.54, 1.807) is 29.2 Å². The fourth-order valence-corrected chi connectivity index (χ4v) is 3.42. The van der Waals surface area contributed by atoms with Crippen LogP contribution in [0.4, 0.5) is 10.2 Å². The van der Waals surface area contributed by atoms with Crippen LogP contribution in [-0.4, -0.2) is 32.7 Å². The molecule has 0 bridgehead atoms. The van der Waals surface area contributed by atoms with Crippen LogP contribution in [0, 0.1) is 5.82 Å². The maximum Gasteiger partial charge on any atom is 0.254 e. The zero-order valence-electron chi connectivity index (χ0n) is 13.4. The molecular weight excluding hydrogens is 323 g/mol. The number of rotatable bonds is 2. The molecule has 4 rings (SSSR count). The van der Waals surface area contributed by atoms with Crippen LogP contribution in [0.1, 0.15) is 34.8 Å². The molecule has 3 aromatic rings. The molecule has 2 aromatic carbocycles. The van der Waals surface area contributed by atoms with Crippen LogP contribution < -0.4 is 5.73 Å². The van der Waals surface area contributed by atoms with Crippen molar-refractivity contribution in [1.82, 2.24) is 15.1 Å². The molecule has 1 unspecified atom stereocenters. The molecule has 0 aliphatic carbocycles. The van der Waals surface area contributed by atoms with Gasteiger partial charge in [-0.3, -0.25) is 9.89 Å². The summed E-state index contributed by atoms with van der Waals surface area (Å²) < 4.78 is 13.7. The van der Waals surface area contributed by atoms with Gasteiger partial charge in [0.15, 0.2) is 17.4 Å². The van der Waals surface area contributed by atoms with Crippen molar-refractivity contribution in [3.05, 3.63) is 53.3 Å². The Hall–Kier alpha value is -3.09. The van der Waals surface area contributed by atoms with E-state index in [-0.39, 0.29) is 17.7 Å². The summed E-state index contributed by atoms with van der Waals surface area (Å²) in [6.45, 7) is 0.602. The number of carbonyl (C=O) groups excluding carboxylic acids is 1. The number of nitrogen functional groups attached to an aromatic ring is 1. The number of likely N-dealkylation sites (tertiary alicyclic amines) is 1. The number of phenolic OH excluding ortho intramolecular Hbond substituents is 1. The van der Waals surface area contributed by atoms with Gasteiger partial charge in [0.2, 0.25) is 0 Å². The molecule has 2 heterocycles. The van der Waals surface area contributed by atoms with Crippen molar-refractivity contribution >= 4 is 22.6 Å². The highest BCUT2D eigenvalue weighted by atomic mass is 19.1. The molecule has 1 amide bonds. The largest absolute Gasteiger partial charge is 0.505 e. The van der Waals surface area contributed by atoms with Crippen molar-refractivity contribution in [3.63, 3.8) is 0 Å². The van der Waals surface area contributed by atoms with Crippen molar-refractivity contribution in [2.75, 3.05) is 12.3 Å². The lowest BCUT2D eigenvalue weighted by Gasteiger charge is -2.25. The van der Waals surface area contributed by atoms with Crippen LogP contribution >= 0.6 is 0 Å². The minimum atomic E-state index is -0.676. The zero-order chi connectivity index (χ0) is 17.6. The SMILES string of the molecule is Nc1n[nH]c2ccc(C(=O)N3CCCC3c3ccc(O)c(F)c3)cc12. The summed E-state index contributed by atoms with van der Waals surface area (Å²) in [7, 11) is 0. The van der Waals surface area contributed by atoms with Crippen molar-refractivity contribution in [2.45, 2.75) is 18.9 Å². The molecule has 4 N–H and O–H groups in total. The van der Waals surface area contributed by atoms with E-state index < -0.39 is 5.82 Å². The monoisotopic (exact) mass is 340 g/mol. The second-order valence-corrected chi connectivity index (χ2v) is 6.24. The molecule has 1 aromatic heterocycles. The average Bonchev–Trinajstić information content (AvgIpc) is 3.24. The predicted molar refractivity (Wildman–Crippen MR) is 91.6 cm³/mol. The molecule has 0 spiro atoms. The van der Waals surface area contributed by atoms with Crippen LogP contribution in [0.5, 0.6) is 5.75 Å². The second kappa shape index (κ2) is 5.77. The number of amides is 1. The summed E-state index contributed by atoms with van der Waals surface area (Å²) in [6.07, 6.45) is 1.60. The Labute approximate surface area is 143 Å². The highest BCUT2D eigenvalue weighted by Gasteiger charge is 2.31. The molecule has 128 valence electrons. The quantitative estimate of drug-likeness (QED) is 0.668. The Balaban J connectivity index is 1.67. The fourth-order valence-electron chi connectivity index (χ4n) is 3.42. The van der Waals surface area contributed by atoms with Crippen molar-refractivity contribution < 1.29 is 14.3 Å². The number of aromatic hydroxyl groups is 1. The van der Waals surface area contributed by atoms with Gasteiger partial charge in [-0.2, -0.15) is 5.10 Å². The number of nitrogens with zero attached hydrogens (tertiary/aromatic N) is 2. The maximum absolute atomic E-state index is 13.7. The number of carbonyl (C=O) groups is 1. The molecule has 0 saturated carbocycles. The third-order valence-electron chi connectivity index (χ3n) is 4.71. The first kappa shape index (κ1) is 15.4. The number of halogens is 1. The highest BCUT2D eigenvalue weighted by molar-refractivity contribution is 6.00. The Morgan fingerprint density at radius 3 is 2.96 bits per heavy atom. The topological polar surface area (TPSA) is 95.2 Å². The van der Waals surface area contributed by atoms with Gasteiger partial charge in [-0.05, 0) is 48.7 Å². The molecule has 1 atom stereocenters. The zero-order valence-corrected chi connectivity index (χ0v) is 13.4. The van der Waals surface area contributed by atoms with E-state index in [4.69, 9.17) is 5.73 Å². The molecule has 0 radical (unpaired) electrons. The average molecular weight is 340 g/mol. The molecule has 1 aliphatic rings. The molecule has 1 fully saturated rings. The minimum absolute atomic E-state index is 0.126. The van der Waals surface area contributed by atoms with E-state index in [0.717, 1.165) is 18.4 Å². The lowest BCUT2D eigenvalue weighted by Crippen LogP contribution is -2.30. The van der Waals surface area contributed by atoms with E-state index >= 15 is 0 Å². The lowest BCUT2D eigenvalue weighted by atomic mass is 10.0. The minimum Gasteiger partial charge on any atom is -0.505 e. The molecule has 6 nitrogen and oxygen atoms in total. The van der Waals surface area contributed by atoms with Gasteiger partial charge >= 0.3 is 0 Å². The fraction of sp³-hybridized carbons (Fsp3) is 0.222. The molecular formula is C18H17FN4O2. The number of hydrogen-bond donors (Lipinski definition) is 3. The Morgan fingerprint density at radius 1 is 1.32 bits per heavy atom. The Kier molecular flexibility index (Phi) is 3.56. The number of hydrogen-bond acceptors (Lipinski definition) is 4. The Morgan fingerprint density at radius 2 is 2.16 bits per heavy atom. The highest BCUT2D eigenvalue weighted by Crippen LogP contribution is 2.35. The second-order valence-electron chi connectivity index (χ2n) is 6.24. The molecule has 1 aliphatic heterocycles. The van der Waals surface area contributed by atoms with Crippen LogP contribution in [0.3, 0.4) is 0 Å². The summed E-state index contributed by atoms with van der Waals surface area (Å²) in [5.41, 5.74) is 7.79. The summed E-state index contributed by atoms with van der Waals surface area (Å²) in [6, 6.07) is 9.30. The lowest BCUT2D eigenvalue weighted by molar-refractivity contribution is 0.0735. The first-order valence-corrected chi connectivity index (χ1v) is 8.07. The van der Waals surface area contributed by atoms with Gasteiger partial charge in [0.05, 0.1) is 11.6 Å². The van der Waals surface area contributed by atoms with E-state index in [1.807, 2.05) is 0 Å². The van der Waals surface area contributed by atoms with E-state index in [9.17, 15) is 14.3 Å². The van der Waals surface area contributed by atoms with Crippen LogP contribution in [0.15, 0.2) is 36.4 Å². The number of nitrogens with one attached hydrogen (secondary N) is 1. The molecule has 25 heavy (non-hydrogen) atoms. The first-order valence-electron chi connectivity index (χ1n) is 8.07. The van der Waals surface area contributed by atoms with Gasteiger partial charge in [0, 0.05) is 17.5 Å². The van der Waals surface area contributed by atoms with Gasteiger partial charge in [-0.15, -0.1) is 0 Å². The smallest absolute Gasteiger partial charge is 0.254 e. The van der Waals surface area contributed by atoms with E-state index in [0.29, 0.717) is 28.9 Å². The van der Waals surface area contributed by atoms with Gasteiger partial charge in [-0.1, -0.05) is 6.07 Å². The Bertz CT molecular complexity index is 969. The third kappa shape index (κ3) is 2.57. The number of nitrogens with two attached hydrogens (primary N) is 1. The summed E-state index contributed by atoms with van der Waals surface area (Å²) in [4.78, 5) is 14.7. The van der Waals surface area contributed by atoms with Crippen molar-refractivity contribution in [2.24, 2.45) is 0 Å². The number of aromatic nitrogens is 2. The number of benzene rings is 2.